The standard InChI is InChI=1S/C7H13/c1-2-7-5-3-4-6-7/h3,7H,2,4-6H2,1H3. The topological polar surface area (TPSA) is 0 Å². The summed E-state index contributed by atoms with van der Waals surface area (Å²) in [5.41, 5.74) is 0. The third kappa shape index (κ3) is 1.19. The molecule has 1 fully saturated rings. The molecule has 0 amide bonds. The summed E-state index contributed by atoms with van der Waals surface area (Å²) in [6, 6.07) is 0. The lowest BCUT2D eigenvalue weighted by atomic mass is 10.1. The summed E-state index contributed by atoms with van der Waals surface area (Å²) in [4.78, 5) is 0. The first-order valence-electron chi connectivity index (χ1n) is 3.25. The first-order chi connectivity index (χ1) is 3.43. The quantitative estimate of drug-likeness (QED) is 0.471. The highest BCUT2D eigenvalue weighted by atomic mass is 14.2. The summed E-state index contributed by atoms with van der Waals surface area (Å²) >= 11 is 0. The molecule has 0 heteroatoms. The second kappa shape index (κ2) is 2.34. The molecule has 0 aromatic carbocycles. The summed E-state index contributed by atoms with van der Waals surface area (Å²) in [5.74, 6) is 1.04. The Kier molecular flexibility index (Phi) is 1.72. The van der Waals surface area contributed by atoms with Crippen molar-refractivity contribution in [2.75, 3.05) is 0 Å². The molecule has 1 unspecified atom stereocenters. The Morgan fingerprint density at radius 3 is 2.86 bits per heavy atom. The maximum atomic E-state index is 2.41. The Bertz CT molecular complexity index is 42.0. The Morgan fingerprint density at radius 1 is 1.71 bits per heavy atom. The van der Waals surface area contributed by atoms with Crippen molar-refractivity contribution in [2.45, 2.75) is 32.6 Å². The molecule has 7 heavy (non-hydrogen) atoms. The van der Waals surface area contributed by atoms with Gasteiger partial charge in [0.15, 0.2) is 0 Å². The molecular formula is C7H13. The Labute approximate surface area is 45.9 Å². The third-order valence-electron chi connectivity index (χ3n) is 1.86. The fraction of sp³-hybridized carbons (Fsp3) is 0.857. The van der Waals surface area contributed by atoms with Crippen LogP contribution < -0.4 is 0 Å². The van der Waals surface area contributed by atoms with E-state index in [2.05, 4.69) is 13.3 Å². The molecule has 0 aromatic rings. The van der Waals surface area contributed by atoms with Crippen LogP contribution in [0.5, 0.6) is 0 Å². The normalized spacial score (nSPS) is 23.6. The fourth-order valence-corrected chi connectivity index (χ4v) is 1.20. The van der Waals surface area contributed by atoms with Crippen LogP contribution in [-0.4, -0.2) is 0 Å². The maximum Gasteiger partial charge on any atom is -0.0383 e. The Balaban J connectivity index is 2.14. The van der Waals surface area contributed by atoms with E-state index in [4.69, 9.17) is 0 Å². The molecule has 1 radical (unpaired) electrons. The second-order valence-electron chi connectivity index (χ2n) is 2.38. The van der Waals surface area contributed by atoms with Gasteiger partial charge in [-0.05, 0) is 25.2 Å². The largest absolute Gasteiger partial charge is 0.0651 e. The number of hydrogen-bond donors (Lipinski definition) is 0. The van der Waals surface area contributed by atoms with Crippen LogP contribution in [0.2, 0.25) is 0 Å². The lowest BCUT2D eigenvalue weighted by Gasteiger charge is -1.99. The van der Waals surface area contributed by atoms with E-state index in [0.717, 1.165) is 5.92 Å². The molecule has 0 bridgehead atoms. The number of rotatable bonds is 1. The van der Waals surface area contributed by atoms with E-state index < -0.39 is 0 Å². The first kappa shape index (κ1) is 5.14. The van der Waals surface area contributed by atoms with Gasteiger partial charge >= 0.3 is 0 Å². The van der Waals surface area contributed by atoms with Crippen LogP contribution in [0.4, 0.5) is 0 Å². The molecule has 0 saturated heterocycles. The van der Waals surface area contributed by atoms with Gasteiger partial charge < -0.3 is 0 Å². The van der Waals surface area contributed by atoms with Gasteiger partial charge in [-0.1, -0.05) is 19.8 Å². The molecule has 1 saturated carbocycles. The molecule has 1 aliphatic rings. The maximum absolute atomic E-state index is 2.41. The highest BCUT2D eigenvalue weighted by Gasteiger charge is 2.11. The van der Waals surface area contributed by atoms with E-state index in [1.54, 1.807) is 0 Å². The van der Waals surface area contributed by atoms with Crippen molar-refractivity contribution in [1.29, 1.82) is 0 Å². The van der Waals surface area contributed by atoms with Crippen LogP contribution in [0, 0.1) is 12.3 Å². The molecule has 1 atom stereocenters. The summed E-state index contributed by atoms with van der Waals surface area (Å²) in [6.45, 7) is 2.28. The predicted molar refractivity (Wildman–Crippen MR) is 31.9 cm³/mol. The molecule has 0 aliphatic heterocycles. The van der Waals surface area contributed by atoms with E-state index in [1.807, 2.05) is 0 Å². The Hall–Kier alpha value is 0. The molecule has 0 nitrogen and oxygen atoms in total. The zero-order chi connectivity index (χ0) is 5.11. The van der Waals surface area contributed by atoms with Crippen molar-refractivity contribution in [3.63, 3.8) is 0 Å². The lowest BCUT2D eigenvalue weighted by Crippen LogP contribution is -1.86. The zero-order valence-electron chi connectivity index (χ0n) is 4.98. The van der Waals surface area contributed by atoms with Gasteiger partial charge in [0.1, 0.15) is 0 Å². The van der Waals surface area contributed by atoms with Gasteiger partial charge in [-0.15, -0.1) is 0 Å². The SMILES string of the molecule is CCC1C[CH]CC1. The van der Waals surface area contributed by atoms with Crippen LogP contribution in [0.1, 0.15) is 32.6 Å². The van der Waals surface area contributed by atoms with Crippen LogP contribution in [-0.2, 0) is 0 Å². The molecular weight excluding hydrogens is 84.1 g/mol. The molecule has 0 spiro atoms. The molecule has 0 N–H and O–H groups in total. The van der Waals surface area contributed by atoms with E-state index >= 15 is 0 Å². The monoisotopic (exact) mass is 97.1 g/mol. The second-order valence-corrected chi connectivity index (χ2v) is 2.38. The fourth-order valence-electron chi connectivity index (χ4n) is 1.20. The summed E-state index contributed by atoms with van der Waals surface area (Å²) < 4.78 is 0. The van der Waals surface area contributed by atoms with Gasteiger partial charge in [0.2, 0.25) is 0 Å². The van der Waals surface area contributed by atoms with Gasteiger partial charge in [-0.25, -0.2) is 0 Å². The minimum atomic E-state index is 1.04. The zero-order valence-corrected chi connectivity index (χ0v) is 4.98. The van der Waals surface area contributed by atoms with E-state index in [0.29, 0.717) is 0 Å². The van der Waals surface area contributed by atoms with Crippen molar-refractivity contribution in [3.05, 3.63) is 6.42 Å². The molecule has 0 heterocycles. The van der Waals surface area contributed by atoms with E-state index in [9.17, 15) is 0 Å². The third-order valence-corrected chi connectivity index (χ3v) is 1.86. The van der Waals surface area contributed by atoms with E-state index in [1.165, 1.54) is 25.7 Å². The van der Waals surface area contributed by atoms with E-state index in [-0.39, 0.29) is 0 Å². The Morgan fingerprint density at radius 2 is 2.57 bits per heavy atom. The van der Waals surface area contributed by atoms with Crippen molar-refractivity contribution in [3.8, 4) is 0 Å². The van der Waals surface area contributed by atoms with Crippen LogP contribution in [0.15, 0.2) is 0 Å². The van der Waals surface area contributed by atoms with Gasteiger partial charge in [0.05, 0.1) is 0 Å². The van der Waals surface area contributed by atoms with Gasteiger partial charge in [-0.2, -0.15) is 0 Å². The highest BCUT2D eigenvalue weighted by molar-refractivity contribution is 4.79. The highest BCUT2D eigenvalue weighted by Crippen LogP contribution is 2.25. The predicted octanol–water partition coefficient (Wildman–Crippen LogP) is 2.40. The van der Waals surface area contributed by atoms with Crippen molar-refractivity contribution < 1.29 is 0 Å². The van der Waals surface area contributed by atoms with Gasteiger partial charge in [-0.3, -0.25) is 0 Å². The summed E-state index contributed by atoms with van der Waals surface area (Å²) in [6.07, 6.45) is 8.01. The average Bonchev–Trinajstić information content (AvgIpc) is 2.14. The smallest absolute Gasteiger partial charge is 0.0383 e. The minimum Gasteiger partial charge on any atom is -0.0651 e. The minimum absolute atomic E-state index is 1.04. The average molecular weight is 97.2 g/mol. The van der Waals surface area contributed by atoms with Crippen LogP contribution in [0.25, 0.3) is 0 Å². The van der Waals surface area contributed by atoms with Gasteiger partial charge in [0.25, 0.3) is 0 Å². The lowest BCUT2D eigenvalue weighted by molar-refractivity contribution is 0.537. The number of hydrogen-bond acceptors (Lipinski definition) is 0. The van der Waals surface area contributed by atoms with Crippen LogP contribution >= 0.6 is 0 Å². The molecule has 41 valence electrons. The van der Waals surface area contributed by atoms with Gasteiger partial charge in [0, 0.05) is 0 Å². The first-order valence-corrected chi connectivity index (χ1v) is 3.25. The molecule has 1 rings (SSSR count). The molecule has 0 aromatic heterocycles. The van der Waals surface area contributed by atoms with Crippen LogP contribution in [0.3, 0.4) is 0 Å². The van der Waals surface area contributed by atoms with Crippen molar-refractivity contribution in [1.82, 2.24) is 0 Å². The summed E-state index contributed by atoms with van der Waals surface area (Å²) in [5, 5.41) is 0. The van der Waals surface area contributed by atoms with Crippen molar-refractivity contribution >= 4 is 0 Å². The molecule has 1 aliphatic carbocycles. The summed E-state index contributed by atoms with van der Waals surface area (Å²) in [7, 11) is 0. The van der Waals surface area contributed by atoms with Crippen molar-refractivity contribution in [2.24, 2.45) is 5.92 Å².